The lowest BCUT2D eigenvalue weighted by Crippen LogP contribution is -2.17. The third-order valence-corrected chi connectivity index (χ3v) is 6.66. The minimum Gasteiger partial charge on any atom is -0.488 e. The summed E-state index contributed by atoms with van der Waals surface area (Å²) in [6.45, 7) is 2.74. The normalized spacial score (nSPS) is 11.1. The number of hydrogen-bond acceptors (Lipinski definition) is 3. The zero-order chi connectivity index (χ0) is 25.0. The third kappa shape index (κ3) is 14.1. The highest BCUT2D eigenvalue weighted by Gasteiger charge is 2.03. The van der Waals surface area contributed by atoms with Crippen molar-refractivity contribution in [2.24, 2.45) is 5.10 Å². The van der Waals surface area contributed by atoms with Crippen molar-refractivity contribution in [1.82, 2.24) is 5.43 Å². The van der Waals surface area contributed by atoms with Gasteiger partial charge in [-0.2, -0.15) is 5.10 Å². The van der Waals surface area contributed by atoms with E-state index in [9.17, 15) is 4.79 Å². The lowest BCUT2D eigenvalue weighted by Gasteiger charge is -2.09. The van der Waals surface area contributed by atoms with Gasteiger partial charge in [-0.3, -0.25) is 4.79 Å². The molecular formula is C30H43BrN2O2. The van der Waals surface area contributed by atoms with E-state index in [0.717, 1.165) is 34.2 Å². The van der Waals surface area contributed by atoms with Gasteiger partial charge in [0.1, 0.15) is 12.4 Å². The number of benzene rings is 2. The molecule has 4 nitrogen and oxygen atoms in total. The van der Waals surface area contributed by atoms with Crippen molar-refractivity contribution in [2.45, 2.75) is 103 Å². The van der Waals surface area contributed by atoms with Gasteiger partial charge >= 0.3 is 0 Å². The summed E-state index contributed by atoms with van der Waals surface area (Å²) in [5.74, 6) is 0.711. The predicted molar refractivity (Wildman–Crippen MR) is 151 cm³/mol. The van der Waals surface area contributed by atoms with Gasteiger partial charge in [-0.25, -0.2) is 5.43 Å². The number of nitrogens with one attached hydrogen (secondary N) is 1. The number of rotatable bonds is 19. The second-order valence-corrected chi connectivity index (χ2v) is 10.2. The summed E-state index contributed by atoms with van der Waals surface area (Å²) in [5, 5.41) is 4.14. The Kier molecular flexibility index (Phi) is 15.9. The van der Waals surface area contributed by atoms with Crippen molar-refractivity contribution >= 4 is 28.1 Å². The van der Waals surface area contributed by atoms with Crippen molar-refractivity contribution in [3.8, 4) is 5.75 Å². The molecule has 192 valence electrons. The quantitative estimate of drug-likeness (QED) is 0.109. The summed E-state index contributed by atoms with van der Waals surface area (Å²) >= 11 is 3.44. The fraction of sp³-hybridized carbons (Fsp3) is 0.533. The van der Waals surface area contributed by atoms with Crippen molar-refractivity contribution < 1.29 is 9.53 Å². The van der Waals surface area contributed by atoms with Crippen LogP contribution in [-0.4, -0.2) is 12.1 Å². The zero-order valence-corrected chi connectivity index (χ0v) is 23.0. The molecule has 2 aromatic rings. The minimum absolute atomic E-state index is 0.0300. The lowest BCUT2D eigenvalue weighted by molar-refractivity contribution is -0.121. The molecule has 1 amide bonds. The molecule has 0 saturated carbocycles. The van der Waals surface area contributed by atoms with E-state index in [0.29, 0.717) is 13.0 Å². The van der Waals surface area contributed by atoms with Crippen LogP contribution in [0.1, 0.15) is 108 Å². The van der Waals surface area contributed by atoms with Crippen LogP contribution in [0, 0.1) is 0 Å². The maximum absolute atomic E-state index is 12.1. The van der Waals surface area contributed by atoms with E-state index in [2.05, 4.69) is 33.4 Å². The molecule has 0 aromatic heterocycles. The molecule has 0 atom stereocenters. The van der Waals surface area contributed by atoms with Gasteiger partial charge in [0, 0.05) is 16.5 Å². The van der Waals surface area contributed by atoms with E-state index >= 15 is 0 Å². The van der Waals surface area contributed by atoms with E-state index < -0.39 is 0 Å². The van der Waals surface area contributed by atoms with Gasteiger partial charge in [0.05, 0.1) is 6.21 Å². The number of nitrogens with zero attached hydrogens (tertiary/aromatic N) is 1. The smallest absolute Gasteiger partial charge is 0.240 e. The number of hydrogen-bond donors (Lipinski definition) is 1. The first-order valence-corrected chi connectivity index (χ1v) is 14.3. The molecule has 2 aromatic carbocycles. The second-order valence-electron chi connectivity index (χ2n) is 9.24. The molecule has 0 bridgehead atoms. The highest BCUT2D eigenvalue weighted by Crippen LogP contribution is 2.19. The monoisotopic (exact) mass is 542 g/mol. The number of para-hydroxylation sites is 1. The first-order valence-electron chi connectivity index (χ1n) is 13.5. The topological polar surface area (TPSA) is 50.7 Å². The number of amides is 1. The molecular weight excluding hydrogens is 500 g/mol. The van der Waals surface area contributed by atoms with Crippen LogP contribution in [0.25, 0.3) is 0 Å². The molecule has 0 heterocycles. The molecule has 0 unspecified atom stereocenters. The van der Waals surface area contributed by atoms with E-state index in [-0.39, 0.29) is 5.91 Å². The third-order valence-electron chi connectivity index (χ3n) is 6.13. The van der Waals surface area contributed by atoms with Gasteiger partial charge in [0.25, 0.3) is 0 Å². The van der Waals surface area contributed by atoms with Gasteiger partial charge < -0.3 is 4.74 Å². The molecule has 0 fully saturated rings. The molecule has 0 radical (unpaired) electrons. The Hall–Kier alpha value is -2.14. The molecule has 2 rings (SSSR count). The van der Waals surface area contributed by atoms with E-state index in [1.54, 1.807) is 6.21 Å². The van der Waals surface area contributed by atoms with Crippen molar-refractivity contribution in [1.29, 1.82) is 0 Å². The Morgan fingerprint density at radius 1 is 0.829 bits per heavy atom. The average molecular weight is 544 g/mol. The Labute approximate surface area is 221 Å². The van der Waals surface area contributed by atoms with Gasteiger partial charge in [-0.05, 0) is 36.2 Å². The van der Waals surface area contributed by atoms with Crippen LogP contribution in [0.15, 0.2) is 58.1 Å². The Bertz CT molecular complexity index is 852. The summed E-state index contributed by atoms with van der Waals surface area (Å²) in [7, 11) is 0. The standard InChI is InChI=1S/C30H43BrN2O2/c1-2-3-4-5-6-7-8-9-10-11-12-13-14-19-30(34)33-32-24-27-17-15-16-18-29(27)35-25-26-20-22-28(31)23-21-26/h15-18,20-24H,2-14,19,25H2,1H3,(H,33,34). The minimum atomic E-state index is -0.0300. The number of carbonyl (C=O) groups is 1. The molecule has 0 spiro atoms. The van der Waals surface area contributed by atoms with Crippen LogP contribution < -0.4 is 10.2 Å². The molecule has 0 saturated heterocycles. The predicted octanol–water partition coefficient (Wildman–Crippen LogP) is 8.96. The first kappa shape index (κ1) is 29.1. The zero-order valence-electron chi connectivity index (χ0n) is 21.4. The molecule has 0 aliphatic carbocycles. The molecule has 0 aliphatic heterocycles. The van der Waals surface area contributed by atoms with E-state index in [1.165, 1.54) is 70.6 Å². The highest BCUT2D eigenvalue weighted by molar-refractivity contribution is 9.10. The largest absolute Gasteiger partial charge is 0.488 e. The van der Waals surface area contributed by atoms with Gasteiger partial charge in [0.2, 0.25) is 5.91 Å². The highest BCUT2D eigenvalue weighted by atomic mass is 79.9. The molecule has 5 heteroatoms. The van der Waals surface area contributed by atoms with Crippen LogP contribution >= 0.6 is 15.9 Å². The van der Waals surface area contributed by atoms with Crippen LogP contribution in [0.3, 0.4) is 0 Å². The summed E-state index contributed by atoms with van der Waals surface area (Å²) in [5.41, 5.74) is 4.58. The average Bonchev–Trinajstić information content (AvgIpc) is 2.87. The Morgan fingerprint density at radius 2 is 1.40 bits per heavy atom. The number of unbranched alkanes of at least 4 members (excludes halogenated alkanes) is 12. The summed E-state index contributed by atoms with van der Waals surface area (Å²) in [6.07, 6.45) is 19.1. The number of halogens is 1. The summed E-state index contributed by atoms with van der Waals surface area (Å²) < 4.78 is 7.00. The fourth-order valence-electron chi connectivity index (χ4n) is 3.99. The Morgan fingerprint density at radius 3 is 2.03 bits per heavy atom. The van der Waals surface area contributed by atoms with E-state index in [1.807, 2.05) is 48.5 Å². The second kappa shape index (κ2) is 19.1. The van der Waals surface area contributed by atoms with Gasteiger partial charge in [-0.1, -0.05) is 124 Å². The van der Waals surface area contributed by atoms with Crippen LogP contribution in [-0.2, 0) is 11.4 Å². The number of carbonyl (C=O) groups excluding carboxylic acids is 1. The van der Waals surface area contributed by atoms with Crippen LogP contribution in [0.4, 0.5) is 0 Å². The van der Waals surface area contributed by atoms with Crippen molar-refractivity contribution in [2.75, 3.05) is 0 Å². The molecule has 35 heavy (non-hydrogen) atoms. The van der Waals surface area contributed by atoms with Gasteiger partial charge in [-0.15, -0.1) is 0 Å². The number of hydrazone groups is 1. The maximum atomic E-state index is 12.1. The molecule has 0 aliphatic rings. The van der Waals surface area contributed by atoms with Crippen LogP contribution in [0.5, 0.6) is 5.75 Å². The summed E-state index contributed by atoms with van der Waals surface area (Å²) in [6, 6.07) is 15.8. The van der Waals surface area contributed by atoms with Gasteiger partial charge in [0.15, 0.2) is 0 Å². The molecule has 1 N–H and O–H groups in total. The van der Waals surface area contributed by atoms with Crippen LogP contribution in [0.2, 0.25) is 0 Å². The fourth-order valence-corrected chi connectivity index (χ4v) is 4.26. The first-order chi connectivity index (χ1) is 17.2. The van der Waals surface area contributed by atoms with Crippen molar-refractivity contribution in [3.05, 3.63) is 64.1 Å². The lowest BCUT2D eigenvalue weighted by atomic mass is 10.0. The SMILES string of the molecule is CCCCCCCCCCCCCCCC(=O)NN=Cc1ccccc1OCc1ccc(Br)cc1. The number of ether oxygens (including phenoxy) is 1. The summed E-state index contributed by atoms with van der Waals surface area (Å²) in [4.78, 5) is 12.1. The Balaban J connectivity index is 1.53. The van der Waals surface area contributed by atoms with Crippen molar-refractivity contribution in [3.63, 3.8) is 0 Å². The van der Waals surface area contributed by atoms with E-state index in [4.69, 9.17) is 4.74 Å². The maximum Gasteiger partial charge on any atom is 0.240 e.